The second kappa shape index (κ2) is 4.53. The van der Waals surface area contributed by atoms with E-state index in [-0.39, 0.29) is 32.7 Å². The predicted molar refractivity (Wildman–Crippen MR) is 49.0 cm³/mol. The summed E-state index contributed by atoms with van der Waals surface area (Å²) in [5.74, 6) is 0. The third-order valence-corrected chi connectivity index (χ3v) is 2.62. The molecule has 1 aromatic rings. The molecule has 0 saturated heterocycles. The Bertz CT molecular complexity index is 261. The number of hydrogen-bond donors (Lipinski definition) is 0. The Hall–Kier alpha value is 0.324. The Morgan fingerprint density at radius 1 is 0.667 bits per heavy atom. The minimum absolute atomic E-state index is 0. The summed E-state index contributed by atoms with van der Waals surface area (Å²) in [6.45, 7) is 10.7. The van der Waals surface area contributed by atoms with E-state index < -0.39 is 0 Å². The molecule has 0 aliphatic carbocycles. The van der Waals surface area contributed by atoms with Crippen LogP contribution in [-0.2, 0) is 32.7 Å². The van der Waals surface area contributed by atoms with Gasteiger partial charge < -0.3 is 0 Å². The van der Waals surface area contributed by atoms with Crippen LogP contribution in [0.4, 0.5) is 0 Å². The van der Waals surface area contributed by atoms with E-state index in [1.165, 1.54) is 27.8 Å². The average Bonchev–Trinajstić information content (AvgIpc) is 1.97. The first-order chi connectivity index (χ1) is 5.04. The monoisotopic (exact) mass is 236 g/mol. The van der Waals surface area contributed by atoms with Crippen LogP contribution in [0.1, 0.15) is 27.8 Å². The van der Waals surface area contributed by atoms with Gasteiger partial charge in [-0.3, -0.25) is 0 Å². The molecule has 0 fully saturated rings. The van der Waals surface area contributed by atoms with Crippen LogP contribution in [0, 0.1) is 40.7 Å². The van der Waals surface area contributed by atoms with Crippen molar-refractivity contribution in [2.24, 2.45) is 0 Å². The van der Waals surface area contributed by atoms with E-state index in [4.69, 9.17) is 0 Å². The summed E-state index contributed by atoms with van der Waals surface area (Å²) in [5.41, 5.74) is 6.75. The summed E-state index contributed by atoms with van der Waals surface area (Å²) < 4.78 is 0. The quantitative estimate of drug-likeness (QED) is 0.607. The van der Waals surface area contributed by atoms with Crippen LogP contribution in [0.3, 0.4) is 0 Å². The van der Waals surface area contributed by atoms with Crippen molar-refractivity contribution < 1.29 is 32.7 Å². The van der Waals surface area contributed by atoms with Crippen molar-refractivity contribution in [1.29, 1.82) is 0 Å². The third kappa shape index (κ3) is 2.17. The maximum Gasteiger partial charge on any atom is 3.00 e. The number of aryl methyl sites for hydroxylation is 2. The Balaban J connectivity index is 0.00000121. The average molecular weight is 236 g/mol. The Morgan fingerprint density at radius 2 is 1.00 bits per heavy atom. The largest absolute Gasteiger partial charge is 3.00 e. The van der Waals surface area contributed by atoms with Gasteiger partial charge in [-0.15, -0.1) is 0 Å². The zero-order valence-corrected chi connectivity index (χ0v) is 11.4. The van der Waals surface area contributed by atoms with Crippen LogP contribution in [0.25, 0.3) is 0 Å². The summed E-state index contributed by atoms with van der Waals surface area (Å²) in [6, 6.07) is 3.35. The summed E-state index contributed by atoms with van der Waals surface area (Å²) in [7, 11) is 0. The molecule has 0 spiro atoms. The molecule has 0 N–H and O–H groups in total. The zero-order valence-electron chi connectivity index (χ0n) is 8.58. The summed E-state index contributed by atoms with van der Waals surface area (Å²) in [6.07, 6.45) is 0. The number of hydrogen-bond acceptors (Lipinski definition) is 0. The molecule has 0 heterocycles. The van der Waals surface area contributed by atoms with Crippen molar-refractivity contribution in [3.63, 3.8) is 0 Å². The van der Waals surface area contributed by atoms with Gasteiger partial charge >= 0.3 is 32.7 Å². The normalized spacial score (nSPS) is 9.42. The van der Waals surface area contributed by atoms with Gasteiger partial charge in [0.2, 0.25) is 0 Å². The summed E-state index contributed by atoms with van der Waals surface area (Å²) in [4.78, 5) is 0. The molecule has 1 aromatic carbocycles. The minimum atomic E-state index is 0. The van der Waals surface area contributed by atoms with Gasteiger partial charge in [-0.05, 0) is 0 Å². The van der Waals surface area contributed by atoms with E-state index in [9.17, 15) is 0 Å². The molecule has 0 bridgehead atoms. The molecule has 12 heavy (non-hydrogen) atoms. The second-order valence-electron chi connectivity index (χ2n) is 3.25. The van der Waals surface area contributed by atoms with Crippen LogP contribution in [0.15, 0.2) is 0 Å². The molecular weight excluding hydrogens is 221 g/mol. The van der Waals surface area contributed by atoms with E-state index in [1.807, 2.05) is 0 Å². The van der Waals surface area contributed by atoms with Gasteiger partial charge in [-0.25, -0.2) is 0 Å². The first kappa shape index (κ1) is 12.3. The standard InChI is InChI=1S/C11H15.Y/c1-7-6-8(2)10(4)11(5)9(7)3;/h1-5H3;/q-1;+3. The van der Waals surface area contributed by atoms with Crippen LogP contribution < -0.4 is 0 Å². The van der Waals surface area contributed by atoms with Gasteiger partial charge in [-0.2, -0.15) is 33.9 Å². The van der Waals surface area contributed by atoms with Crippen LogP contribution in [-0.4, -0.2) is 0 Å². The predicted octanol–water partition coefficient (Wildman–Crippen LogP) is 3.03. The van der Waals surface area contributed by atoms with Crippen molar-refractivity contribution >= 4 is 0 Å². The molecule has 0 unspecified atom stereocenters. The van der Waals surface area contributed by atoms with Crippen LogP contribution in [0.5, 0.6) is 0 Å². The minimum Gasteiger partial charge on any atom is -0.177 e. The van der Waals surface area contributed by atoms with E-state index in [0.29, 0.717) is 0 Å². The molecule has 0 atom stereocenters. The second-order valence-corrected chi connectivity index (χ2v) is 3.25. The fourth-order valence-electron chi connectivity index (χ4n) is 1.31. The Labute approximate surface area is 101 Å². The Kier molecular flexibility index (Phi) is 4.65. The number of benzene rings is 1. The van der Waals surface area contributed by atoms with Crippen molar-refractivity contribution in [3.8, 4) is 0 Å². The maximum atomic E-state index is 3.35. The first-order valence-electron chi connectivity index (χ1n) is 4.00. The van der Waals surface area contributed by atoms with E-state index >= 15 is 0 Å². The summed E-state index contributed by atoms with van der Waals surface area (Å²) >= 11 is 0. The van der Waals surface area contributed by atoms with Crippen molar-refractivity contribution in [2.45, 2.75) is 34.6 Å². The van der Waals surface area contributed by atoms with Gasteiger partial charge in [0.25, 0.3) is 0 Å². The van der Waals surface area contributed by atoms with Gasteiger partial charge in [-0.1, -0.05) is 34.6 Å². The fourth-order valence-corrected chi connectivity index (χ4v) is 1.31. The third-order valence-electron chi connectivity index (χ3n) is 2.62. The molecule has 1 rings (SSSR count). The first-order valence-corrected chi connectivity index (χ1v) is 4.00. The van der Waals surface area contributed by atoms with Crippen molar-refractivity contribution in [2.75, 3.05) is 0 Å². The topological polar surface area (TPSA) is 0 Å². The van der Waals surface area contributed by atoms with Gasteiger partial charge in [0.05, 0.1) is 0 Å². The van der Waals surface area contributed by atoms with Gasteiger partial charge in [0.1, 0.15) is 0 Å². The van der Waals surface area contributed by atoms with Gasteiger partial charge in [0.15, 0.2) is 0 Å². The zero-order chi connectivity index (χ0) is 8.59. The molecule has 0 saturated carbocycles. The van der Waals surface area contributed by atoms with E-state index in [0.717, 1.165) is 0 Å². The van der Waals surface area contributed by atoms with E-state index in [2.05, 4.69) is 40.7 Å². The maximum absolute atomic E-state index is 3.35. The molecular formula is C11H15Y+2. The SMILES string of the molecule is Cc1[c-]c(C)c(C)c(C)c1C.[Y+3]. The number of rotatable bonds is 0. The van der Waals surface area contributed by atoms with Crippen molar-refractivity contribution in [1.82, 2.24) is 0 Å². The van der Waals surface area contributed by atoms with Crippen LogP contribution >= 0.6 is 0 Å². The summed E-state index contributed by atoms with van der Waals surface area (Å²) in [5, 5.41) is 0. The van der Waals surface area contributed by atoms with E-state index in [1.54, 1.807) is 0 Å². The van der Waals surface area contributed by atoms with Crippen molar-refractivity contribution in [3.05, 3.63) is 33.9 Å². The molecule has 0 amide bonds. The molecule has 0 aliphatic rings. The molecule has 0 aliphatic heterocycles. The molecule has 60 valence electrons. The molecule has 0 aromatic heterocycles. The van der Waals surface area contributed by atoms with Crippen LogP contribution in [0.2, 0.25) is 0 Å². The molecule has 0 nitrogen and oxygen atoms in total. The molecule has 0 radical (unpaired) electrons. The Morgan fingerprint density at radius 3 is 1.33 bits per heavy atom. The molecule has 1 heteroatoms. The smallest absolute Gasteiger partial charge is 0.177 e. The van der Waals surface area contributed by atoms with Gasteiger partial charge in [0, 0.05) is 0 Å². The fraction of sp³-hybridized carbons (Fsp3) is 0.455.